The standard InChI is InChI=1S/C12H16O4/c1-2-3-8-15-12(14)9-16-11-7-5-4-6-10(11)13/h4-7,13H,2-3,8-9H2,1H3. The van der Waals surface area contributed by atoms with Crippen LogP contribution in [0.25, 0.3) is 0 Å². The van der Waals surface area contributed by atoms with Gasteiger partial charge in [-0.15, -0.1) is 0 Å². The highest BCUT2D eigenvalue weighted by atomic mass is 16.6. The Kier molecular flexibility index (Phi) is 5.19. The highest BCUT2D eigenvalue weighted by Crippen LogP contribution is 2.23. The predicted molar refractivity (Wildman–Crippen MR) is 59.5 cm³/mol. The summed E-state index contributed by atoms with van der Waals surface area (Å²) in [5.74, 6) is -0.115. The Bertz CT molecular complexity index is 336. The zero-order valence-electron chi connectivity index (χ0n) is 9.31. The number of phenols is 1. The number of rotatable bonds is 6. The second-order valence-corrected chi connectivity index (χ2v) is 3.33. The number of hydrogen-bond acceptors (Lipinski definition) is 4. The normalized spacial score (nSPS) is 9.81. The molecule has 0 saturated heterocycles. The molecule has 0 saturated carbocycles. The maximum atomic E-state index is 11.2. The molecule has 16 heavy (non-hydrogen) atoms. The van der Waals surface area contributed by atoms with Gasteiger partial charge in [-0.1, -0.05) is 25.5 Å². The molecule has 4 nitrogen and oxygen atoms in total. The molecule has 0 aliphatic rings. The number of phenolic OH excluding ortho intramolecular Hbond substituents is 1. The minimum absolute atomic E-state index is 0.0175. The Labute approximate surface area is 94.8 Å². The van der Waals surface area contributed by atoms with Gasteiger partial charge in [0.2, 0.25) is 0 Å². The Morgan fingerprint density at radius 2 is 2.12 bits per heavy atom. The molecule has 1 aromatic rings. The van der Waals surface area contributed by atoms with Crippen LogP contribution < -0.4 is 4.74 Å². The van der Waals surface area contributed by atoms with Crippen molar-refractivity contribution in [2.45, 2.75) is 19.8 Å². The summed E-state index contributed by atoms with van der Waals surface area (Å²) in [5, 5.41) is 9.36. The van der Waals surface area contributed by atoms with Gasteiger partial charge in [-0.3, -0.25) is 0 Å². The van der Waals surface area contributed by atoms with Crippen LogP contribution in [0.3, 0.4) is 0 Å². The average Bonchev–Trinajstić information content (AvgIpc) is 2.28. The fourth-order valence-electron chi connectivity index (χ4n) is 1.09. The molecule has 0 bridgehead atoms. The van der Waals surface area contributed by atoms with Gasteiger partial charge in [0.15, 0.2) is 18.1 Å². The van der Waals surface area contributed by atoms with Crippen molar-refractivity contribution < 1.29 is 19.4 Å². The van der Waals surface area contributed by atoms with Gasteiger partial charge < -0.3 is 14.6 Å². The molecule has 0 spiro atoms. The van der Waals surface area contributed by atoms with Crippen molar-refractivity contribution in [1.29, 1.82) is 0 Å². The van der Waals surface area contributed by atoms with Gasteiger partial charge >= 0.3 is 5.97 Å². The van der Waals surface area contributed by atoms with Gasteiger partial charge in [-0.05, 0) is 18.6 Å². The first-order chi connectivity index (χ1) is 7.74. The van der Waals surface area contributed by atoms with Crippen molar-refractivity contribution in [3.63, 3.8) is 0 Å². The number of ether oxygens (including phenoxy) is 2. The van der Waals surface area contributed by atoms with Crippen LogP contribution in [-0.2, 0) is 9.53 Å². The first kappa shape index (κ1) is 12.4. The zero-order chi connectivity index (χ0) is 11.8. The SMILES string of the molecule is CCCCOC(=O)COc1ccccc1O. The topological polar surface area (TPSA) is 55.8 Å². The van der Waals surface area contributed by atoms with Crippen LogP contribution in [0.15, 0.2) is 24.3 Å². The maximum absolute atomic E-state index is 11.2. The van der Waals surface area contributed by atoms with Crippen molar-refractivity contribution in [3.8, 4) is 11.5 Å². The Balaban J connectivity index is 2.29. The minimum atomic E-state index is -0.420. The van der Waals surface area contributed by atoms with Crippen LogP contribution in [-0.4, -0.2) is 24.3 Å². The van der Waals surface area contributed by atoms with Crippen LogP contribution in [0.5, 0.6) is 11.5 Å². The third-order valence-electron chi connectivity index (χ3n) is 1.97. The van der Waals surface area contributed by atoms with E-state index in [-0.39, 0.29) is 18.1 Å². The summed E-state index contributed by atoms with van der Waals surface area (Å²) >= 11 is 0. The summed E-state index contributed by atoms with van der Waals surface area (Å²) < 4.78 is 10.0. The smallest absolute Gasteiger partial charge is 0.344 e. The average molecular weight is 224 g/mol. The Hall–Kier alpha value is -1.71. The lowest BCUT2D eigenvalue weighted by atomic mass is 10.3. The molecule has 0 fully saturated rings. The van der Waals surface area contributed by atoms with Crippen molar-refractivity contribution in [3.05, 3.63) is 24.3 Å². The van der Waals surface area contributed by atoms with Gasteiger partial charge in [0.05, 0.1) is 6.61 Å². The fourth-order valence-corrected chi connectivity index (χ4v) is 1.09. The lowest BCUT2D eigenvalue weighted by molar-refractivity contribution is -0.146. The van der Waals surface area contributed by atoms with Crippen LogP contribution >= 0.6 is 0 Å². The molecular weight excluding hydrogens is 208 g/mol. The molecule has 0 aliphatic carbocycles. The molecule has 0 unspecified atom stereocenters. The summed E-state index contributed by atoms with van der Waals surface area (Å²) in [6.45, 7) is 2.26. The van der Waals surface area contributed by atoms with Gasteiger partial charge in [0.25, 0.3) is 0 Å². The van der Waals surface area contributed by atoms with Gasteiger partial charge in [0.1, 0.15) is 0 Å². The summed E-state index contributed by atoms with van der Waals surface area (Å²) in [6, 6.07) is 6.49. The van der Waals surface area contributed by atoms with Crippen LogP contribution in [0.4, 0.5) is 0 Å². The molecule has 1 aromatic carbocycles. The second kappa shape index (κ2) is 6.71. The minimum Gasteiger partial charge on any atom is -0.504 e. The molecular formula is C12H16O4. The quantitative estimate of drug-likeness (QED) is 0.594. The van der Waals surface area contributed by atoms with E-state index in [0.29, 0.717) is 6.61 Å². The monoisotopic (exact) mass is 224 g/mol. The van der Waals surface area contributed by atoms with Crippen molar-refractivity contribution in [1.82, 2.24) is 0 Å². The van der Waals surface area contributed by atoms with E-state index in [2.05, 4.69) is 0 Å². The number of aromatic hydroxyl groups is 1. The van der Waals surface area contributed by atoms with E-state index in [1.54, 1.807) is 18.2 Å². The summed E-state index contributed by atoms with van der Waals surface area (Å²) in [7, 11) is 0. The number of carbonyl (C=O) groups excluding carboxylic acids is 1. The Morgan fingerprint density at radius 3 is 2.81 bits per heavy atom. The molecule has 4 heteroatoms. The fraction of sp³-hybridized carbons (Fsp3) is 0.417. The lowest BCUT2D eigenvalue weighted by Gasteiger charge is -2.07. The van der Waals surface area contributed by atoms with Crippen LogP contribution in [0.2, 0.25) is 0 Å². The Morgan fingerprint density at radius 1 is 1.38 bits per heavy atom. The van der Waals surface area contributed by atoms with Gasteiger partial charge in [-0.25, -0.2) is 4.79 Å². The van der Waals surface area contributed by atoms with E-state index < -0.39 is 5.97 Å². The highest BCUT2D eigenvalue weighted by Gasteiger charge is 2.06. The zero-order valence-corrected chi connectivity index (χ0v) is 9.31. The first-order valence-corrected chi connectivity index (χ1v) is 5.30. The molecule has 0 aromatic heterocycles. The number of benzene rings is 1. The van der Waals surface area contributed by atoms with Crippen molar-refractivity contribution >= 4 is 5.97 Å². The number of para-hydroxylation sites is 2. The molecule has 0 aliphatic heterocycles. The predicted octanol–water partition coefficient (Wildman–Crippen LogP) is 2.11. The van der Waals surface area contributed by atoms with Crippen LogP contribution in [0, 0.1) is 0 Å². The van der Waals surface area contributed by atoms with E-state index in [1.807, 2.05) is 6.92 Å². The van der Waals surface area contributed by atoms with E-state index >= 15 is 0 Å². The molecule has 1 N–H and O–H groups in total. The van der Waals surface area contributed by atoms with E-state index in [9.17, 15) is 9.90 Å². The van der Waals surface area contributed by atoms with E-state index in [4.69, 9.17) is 9.47 Å². The van der Waals surface area contributed by atoms with Crippen molar-refractivity contribution in [2.24, 2.45) is 0 Å². The third-order valence-corrected chi connectivity index (χ3v) is 1.97. The second-order valence-electron chi connectivity index (χ2n) is 3.33. The number of carbonyl (C=O) groups is 1. The largest absolute Gasteiger partial charge is 0.504 e. The number of esters is 1. The number of hydrogen-bond donors (Lipinski definition) is 1. The molecule has 0 atom stereocenters. The van der Waals surface area contributed by atoms with Crippen LogP contribution in [0.1, 0.15) is 19.8 Å². The third kappa shape index (κ3) is 4.21. The molecule has 1 rings (SSSR count). The van der Waals surface area contributed by atoms with Gasteiger partial charge in [0, 0.05) is 0 Å². The van der Waals surface area contributed by atoms with Gasteiger partial charge in [-0.2, -0.15) is 0 Å². The summed E-state index contributed by atoms with van der Waals surface area (Å²) in [5.41, 5.74) is 0. The highest BCUT2D eigenvalue weighted by molar-refractivity contribution is 5.71. The summed E-state index contributed by atoms with van der Waals surface area (Å²) in [4.78, 5) is 11.2. The van der Waals surface area contributed by atoms with Crippen molar-refractivity contribution in [2.75, 3.05) is 13.2 Å². The number of unbranched alkanes of at least 4 members (excludes halogenated alkanes) is 1. The molecule has 88 valence electrons. The molecule has 0 amide bonds. The maximum Gasteiger partial charge on any atom is 0.344 e. The first-order valence-electron chi connectivity index (χ1n) is 5.30. The molecule has 0 heterocycles. The molecule has 0 radical (unpaired) electrons. The van der Waals surface area contributed by atoms with E-state index in [1.165, 1.54) is 6.07 Å². The summed E-state index contributed by atoms with van der Waals surface area (Å²) in [6.07, 6.45) is 1.83. The lowest BCUT2D eigenvalue weighted by Crippen LogP contribution is -2.15. The van der Waals surface area contributed by atoms with E-state index in [0.717, 1.165) is 12.8 Å².